The fraction of sp³-hybridized carbons (Fsp3) is 0.538. The molecule has 1 aliphatic rings. The van der Waals surface area contributed by atoms with Crippen molar-refractivity contribution in [1.29, 1.82) is 0 Å². The smallest absolute Gasteiger partial charge is 0.326 e. The van der Waals surface area contributed by atoms with E-state index in [0.29, 0.717) is 6.42 Å². The normalized spacial score (nSPS) is 19.1. The minimum absolute atomic E-state index is 0.191. The van der Waals surface area contributed by atoms with Gasteiger partial charge < -0.3 is 10.4 Å². The second kappa shape index (κ2) is 11.7. The van der Waals surface area contributed by atoms with Gasteiger partial charge in [-0.05, 0) is 68.9 Å². The Morgan fingerprint density at radius 2 is 1.83 bits per heavy atom. The Morgan fingerprint density at radius 3 is 2.40 bits per heavy atom. The van der Waals surface area contributed by atoms with Crippen molar-refractivity contribution in [2.45, 2.75) is 80.2 Å². The first kappa shape index (κ1) is 25.7. The number of carboxylic acid groups (broad SMARTS) is 1. The van der Waals surface area contributed by atoms with Crippen LogP contribution in [-0.2, 0) is 9.59 Å². The fourth-order valence-electron chi connectivity index (χ4n) is 3.79. The van der Waals surface area contributed by atoms with E-state index in [1.54, 1.807) is 0 Å². The molecule has 2 N–H and O–H groups in total. The van der Waals surface area contributed by atoms with Crippen LogP contribution in [0.3, 0.4) is 0 Å². The predicted octanol–water partition coefficient (Wildman–Crippen LogP) is 6.13. The number of hydrogen-bond acceptors (Lipinski definition) is 2. The number of nitrogens with one attached hydrogen (secondary N) is 1. The molecule has 0 spiro atoms. The predicted molar refractivity (Wildman–Crippen MR) is 125 cm³/mol. The van der Waals surface area contributed by atoms with E-state index in [9.17, 15) is 14.7 Å². The molecule has 1 rings (SSSR count). The first-order chi connectivity index (χ1) is 13.9. The van der Waals surface area contributed by atoms with Crippen LogP contribution in [0, 0.1) is 11.3 Å². The van der Waals surface area contributed by atoms with E-state index in [2.05, 4.69) is 45.2 Å². The number of aliphatic carboxylic acids is 1. The summed E-state index contributed by atoms with van der Waals surface area (Å²) in [6, 6.07) is -0.861. The van der Waals surface area contributed by atoms with Gasteiger partial charge in [-0.2, -0.15) is 0 Å². The molecule has 4 heteroatoms. The number of carbonyl (C=O) groups is 2. The monoisotopic (exact) mass is 413 g/mol. The van der Waals surface area contributed by atoms with Crippen LogP contribution in [0.15, 0.2) is 58.7 Å². The summed E-state index contributed by atoms with van der Waals surface area (Å²) in [6.45, 7) is 14.6. The molecule has 0 saturated carbocycles. The van der Waals surface area contributed by atoms with Crippen LogP contribution < -0.4 is 5.32 Å². The minimum atomic E-state index is -1.00. The van der Waals surface area contributed by atoms with Gasteiger partial charge in [-0.3, -0.25) is 4.79 Å². The first-order valence-corrected chi connectivity index (χ1v) is 10.9. The van der Waals surface area contributed by atoms with Crippen LogP contribution in [0.5, 0.6) is 0 Å². The van der Waals surface area contributed by atoms with Crippen molar-refractivity contribution in [3.8, 4) is 0 Å². The number of hydrogen-bond donors (Lipinski definition) is 2. The molecule has 0 aromatic rings. The maximum atomic E-state index is 12.1. The van der Waals surface area contributed by atoms with Gasteiger partial charge in [-0.1, -0.05) is 69.2 Å². The van der Waals surface area contributed by atoms with Crippen LogP contribution in [0.2, 0.25) is 0 Å². The van der Waals surface area contributed by atoms with Crippen LogP contribution in [0.25, 0.3) is 0 Å². The third kappa shape index (κ3) is 8.98. The maximum absolute atomic E-state index is 12.1. The van der Waals surface area contributed by atoms with E-state index in [-0.39, 0.29) is 17.2 Å². The Hall–Kier alpha value is -2.36. The van der Waals surface area contributed by atoms with Gasteiger partial charge >= 0.3 is 5.97 Å². The van der Waals surface area contributed by atoms with Crippen LogP contribution >= 0.6 is 0 Å². The lowest BCUT2D eigenvalue weighted by Gasteiger charge is -2.32. The fourth-order valence-corrected chi connectivity index (χ4v) is 3.79. The van der Waals surface area contributed by atoms with Gasteiger partial charge in [0.15, 0.2) is 0 Å². The summed E-state index contributed by atoms with van der Waals surface area (Å²) >= 11 is 0. The summed E-state index contributed by atoms with van der Waals surface area (Å²) in [7, 11) is 0. The molecule has 1 amide bonds. The molecule has 0 heterocycles. The number of allylic oxidation sites excluding steroid dienone is 9. The van der Waals surface area contributed by atoms with Crippen molar-refractivity contribution in [2.24, 2.45) is 11.3 Å². The molecule has 0 aromatic carbocycles. The van der Waals surface area contributed by atoms with Gasteiger partial charge in [0.25, 0.3) is 0 Å². The molecule has 4 nitrogen and oxygen atoms in total. The van der Waals surface area contributed by atoms with E-state index in [0.717, 1.165) is 11.1 Å². The molecule has 166 valence electrons. The Labute approximate surface area is 182 Å². The van der Waals surface area contributed by atoms with E-state index in [1.807, 2.05) is 39.0 Å². The van der Waals surface area contributed by atoms with Gasteiger partial charge in [-0.15, -0.1) is 0 Å². The topological polar surface area (TPSA) is 66.4 Å². The highest BCUT2D eigenvalue weighted by atomic mass is 16.4. The summed E-state index contributed by atoms with van der Waals surface area (Å²) in [4.78, 5) is 23.4. The standard InChI is InChI=1S/C26H39NO3/c1-18(2)16-23(25(29)30)27-24(28)17-20(4)11-8-10-19(3)13-14-22-21(5)12-9-15-26(22,6)7/h8,10-11,13-14,17-18,23H,9,12,15-16H2,1-7H3,(H,27,28)(H,29,30)/b11-8+,14-13+,19-10+,20-17+/t23-/m0/s1. The summed E-state index contributed by atoms with van der Waals surface area (Å²) in [5, 5.41) is 11.8. The highest BCUT2D eigenvalue weighted by Gasteiger charge is 2.26. The number of amides is 1. The summed E-state index contributed by atoms with van der Waals surface area (Å²) in [6.07, 6.45) is 15.7. The minimum Gasteiger partial charge on any atom is -0.480 e. The zero-order valence-electron chi connectivity index (χ0n) is 19.7. The molecule has 1 atom stereocenters. The Bertz CT molecular complexity index is 776. The van der Waals surface area contributed by atoms with Crippen molar-refractivity contribution < 1.29 is 14.7 Å². The molecule has 0 fully saturated rings. The van der Waals surface area contributed by atoms with Gasteiger partial charge in [-0.25, -0.2) is 4.79 Å². The van der Waals surface area contributed by atoms with Gasteiger partial charge in [0.1, 0.15) is 6.04 Å². The molecule has 1 aliphatic carbocycles. The zero-order valence-corrected chi connectivity index (χ0v) is 19.7. The van der Waals surface area contributed by atoms with Crippen molar-refractivity contribution in [3.63, 3.8) is 0 Å². The van der Waals surface area contributed by atoms with Crippen molar-refractivity contribution >= 4 is 11.9 Å². The highest BCUT2D eigenvalue weighted by molar-refractivity contribution is 5.91. The Kier molecular flexibility index (Phi) is 10.0. The highest BCUT2D eigenvalue weighted by Crippen LogP contribution is 2.40. The van der Waals surface area contributed by atoms with E-state index < -0.39 is 12.0 Å². The molecule has 0 unspecified atom stereocenters. The van der Waals surface area contributed by atoms with E-state index in [4.69, 9.17) is 0 Å². The lowest BCUT2D eigenvalue weighted by atomic mass is 9.72. The summed E-state index contributed by atoms with van der Waals surface area (Å²) < 4.78 is 0. The Balaban J connectivity index is 2.73. The maximum Gasteiger partial charge on any atom is 0.326 e. The Morgan fingerprint density at radius 1 is 1.17 bits per heavy atom. The van der Waals surface area contributed by atoms with Crippen molar-refractivity contribution in [2.75, 3.05) is 0 Å². The summed E-state index contributed by atoms with van der Waals surface area (Å²) in [5.41, 5.74) is 5.04. The summed E-state index contributed by atoms with van der Waals surface area (Å²) in [5.74, 6) is -1.19. The second-order valence-electron chi connectivity index (χ2n) is 9.45. The quantitative estimate of drug-likeness (QED) is 0.353. The second-order valence-corrected chi connectivity index (χ2v) is 9.45. The molecule has 30 heavy (non-hydrogen) atoms. The third-order valence-electron chi connectivity index (χ3n) is 5.45. The van der Waals surface area contributed by atoms with Crippen LogP contribution in [0.1, 0.15) is 74.1 Å². The van der Waals surface area contributed by atoms with Gasteiger partial charge in [0.2, 0.25) is 5.91 Å². The average Bonchev–Trinajstić information content (AvgIpc) is 2.59. The van der Waals surface area contributed by atoms with Crippen LogP contribution in [0.4, 0.5) is 0 Å². The molecule has 0 bridgehead atoms. The number of carbonyl (C=O) groups excluding carboxylic acids is 1. The lowest BCUT2D eigenvalue weighted by Crippen LogP contribution is -2.40. The average molecular weight is 414 g/mol. The molecule has 0 aliphatic heterocycles. The third-order valence-corrected chi connectivity index (χ3v) is 5.45. The van der Waals surface area contributed by atoms with Gasteiger partial charge in [0, 0.05) is 6.08 Å². The van der Waals surface area contributed by atoms with E-state index >= 15 is 0 Å². The van der Waals surface area contributed by atoms with Crippen molar-refractivity contribution in [1.82, 2.24) is 5.32 Å². The van der Waals surface area contributed by atoms with E-state index in [1.165, 1.54) is 36.5 Å². The number of rotatable bonds is 9. The molecule has 0 saturated heterocycles. The number of carboxylic acids is 1. The molecular formula is C26H39NO3. The lowest BCUT2D eigenvalue weighted by molar-refractivity contribution is -0.141. The van der Waals surface area contributed by atoms with Gasteiger partial charge in [0.05, 0.1) is 0 Å². The van der Waals surface area contributed by atoms with Crippen molar-refractivity contribution in [3.05, 3.63) is 58.7 Å². The molecular weight excluding hydrogens is 374 g/mol. The molecule has 0 radical (unpaired) electrons. The van der Waals surface area contributed by atoms with Crippen LogP contribution in [-0.4, -0.2) is 23.0 Å². The first-order valence-electron chi connectivity index (χ1n) is 10.9. The molecule has 0 aromatic heterocycles. The zero-order chi connectivity index (χ0) is 22.9. The largest absolute Gasteiger partial charge is 0.480 e. The SMILES string of the molecule is CC1=C(/C=C/C(C)=C/C=C/C(C)=C/C(=O)N[C@@H](CC(C)C)C(=O)O)C(C)(C)CCC1.